The summed E-state index contributed by atoms with van der Waals surface area (Å²) in [5.74, 6) is -0.0652. The minimum Gasteiger partial charge on any atom is -0.331 e. The number of rotatable bonds is 6. The van der Waals surface area contributed by atoms with Gasteiger partial charge in [-0.3, -0.25) is 4.79 Å². The number of nitrogens with one attached hydrogen (secondary N) is 3. The second kappa shape index (κ2) is 22.7. The average Bonchev–Trinajstić information content (AvgIpc) is 2.45. The summed E-state index contributed by atoms with van der Waals surface area (Å²) in [5, 5.41) is 7.58. The van der Waals surface area contributed by atoms with E-state index in [1.165, 1.54) is 19.1 Å². The number of hydrogen-bond donors (Lipinski definition) is 5. The highest BCUT2D eigenvalue weighted by Gasteiger charge is 1.98. The summed E-state index contributed by atoms with van der Waals surface area (Å²) in [6.45, 7) is 1.98. The molecule has 0 aliphatic heterocycles. The van der Waals surface area contributed by atoms with Crippen LogP contribution in [0.1, 0.15) is 6.92 Å². The number of Topliss-reactive ketones (excluding diaryl/α,β-unsaturated/α-hetero) is 1. The van der Waals surface area contributed by atoms with Gasteiger partial charge in [0.05, 0.1) is 13.2 Å². The van der Waals surface area contributed by atoms with Crippen LogP contribution in [0, 0.1) is 0 Å². The lowest BCUT2D eigenvalue weighted by Gasteiger charge is -2.04. The number of aliphatic imine (C=N–C) groups is 2. The molecule has 0 aromatic heterocycles. The van der Waals surface area contributed by atoms with Gasteiger partial charge < -0.3 is 27.4 Å². The molecule has 11 heteroatoms. The smallest absolute Gasteiger partial charge is 0.316 e. The molecule has 0 aromatic rings. The predicted molar refractivity (Wildman–Crippen MR) is 75.5 cm³/mol. The van der Waals surface area contributed by atoms with Gasteiger partial charge in [0.15, 0.2) is 6.67 Å². The standard InChI is InChI=1S/C6H13N3O2.C3H2N2O2.CH6N2/c1-5(10)3-8-6(11)9-4-7-2;6-2-4-1-5-3-7;2-1-3/h7H,3-4H2,1-2H3,(H2,8,9,11);1H2;1-3H2. The fourth-order valence-corrected chi connectivity index (χ4v) is 0.529. The van der Waals surface area contributed by atoms with Gasteiger partial charge in [-0.05, 0) is 14.0 Å². The third-order valence-corrected chi connectivity index (χ3v) is 1.19. The topological polar surface area (TPSA) is 181 Å². The Morgan fingerprint density at radius 1 is 1.10 bits per heavy atom. The summed E-state index contributed by atoms with van der Waals surface area (Å²) in [6.07, 6.45) is 2.41. The number of hydrogen-bond acceptors (Lipinski definition) is 9. The maximum Gasteiger partial charge on any atom is 0.316 e. The Kier molecular flexibility index (Phi) is 25.6. The van der Waals surface area contributed by atoms with Gasteiger partial charge in [0.2, 0.25) is 12.2 Å². The van der Waals surface area contributed by atoms with Crippen molar-refractivity contribution in [3.63, 3.8) is 0 Å². The van der Waals surface area contributed by atoms with Crippen LogP contribution in [-0.2, 0) is 14.4 Å². The first-order chi connectivity index (χ1) is 9.99. The predicted octanol–water partition coefficient (Wildman–Crippen LogP) is -2.47. The third-order valence-electron chi connectivity index (χ3n) is 1.19. The first kappa shape index (κ1) is 23.7. The SMILES string of the molecule is CNCNC(=O)NCC(C)=O.NCN.O=C=NCN=C=O. The van der Waals surface area contributed by atoms with Gasteiger partial charge in [-0.2, -0.15) is 9.98 Å². The van der Waals surface area contributed by atoms with Crippen LogP contribution < -0.4 is 27.4 Å². The highest BCUT2D eigenvalue weighted by Crippen LogP contribution is 1.65. The minimum absolute atomic E-state index is 0.0652. The molecule has 0 rings (SSSR count). The molecule has 0 heterocycles. The molecule has 0 bridgehead atoms. The van der Waals surface area contributed by atoms with Crippen molar-refractivity contribution >= 4 is 24.0 Å². The highest BCUT2D eigenvalue weighted by atomic mass is 16.2. The molecule has 0 saturated heterocycles. The summed E-state index contributed by atoms with van der Waals surface area (Å²) in [6, 6.07) is -0.338. The summed E-state index contributed by atoms with van der Waals surface area (Å²) in [5.41, 5.74) is 9.25. The van der Waals surface area contributed by atoms with E-state index in [1.807, 2.05) is 0 Å². The lowest BCUT2D eigenvalue weighted by Crippen LogP contribution is -2.41. The molecule has 0 atom stereocenters. The average molecular weight is 303 g/mol. The van der Waals surface area contributed by atoms with Crippen molar-refractivity contribution in [1.82, 2.24) is 16.0 Å². The van der Waals surface area contributed by atoms with E-state index in [4.69, 9.17) is 0 Å². The minimum atomic E-state index is -0.338. The maximum absolute atomic E-state index is 10.7. The zero-order valence-corrected chi connectivity index (χ0v) is 12.0. The summed E-state index contributed by atoms with van der Waals surface area (Å²) in [4.78, 5) is 45.3. The Hall–Kier alpha value is -2.42. The van der Waals surface area contributed by atoms with Crippen LogP contribution in [-0.4, -0.2) is 57.6 Å². The quantitative estimate of drug-likeness (QED) is 0.204. The first-order valence-electron chi connectivity index (χ1n) is 5.63. The van der Waals surface area contributed by atoms with E-state index >= 15 is 0 Å². The maximum atomic E-state index is 10.7. The van der Waals surface area contributed by atoms with E-state index in [2.05, 4.69) is 37.4 Å². The summed E-state index contributed by atoms with van der Waals surface area (Å²) >= 11 is 0. The molecule has 21 heavy (non-hydrogen) atoms. The van der Waals surface area contributed by atoms with Gasteiger partial charge in [0.1, 0.15) is 5.78 Å². The number of carbonyl (C=O) groups is 2. The number of isocyanates is 2. The molecular formula is C10H21N7O4. The normalized spacial score (nSPS) is 7.43. The van der Waals surface area contributed by atoms with Crippen molar-refractivity contribution in [3.8, 4) is 0 Å². The van der Waals surface area contributed by atoms with Crippen LogP contribution in [0.15, 0.2) is 9.98 Å². The monoisotopic (exact) mass is 303 g/mol. The Morgan fingerprint density at radius 3 is 1.90 bits per heavy atom. The zero-order valence-electron chi connectivity index (χ0n) is 12.0. The molecule has 120 valence electrons. The van der Waals surface area contributed by atoms with Crippen LogP contribution in [0.25, 0.3) is 0 Å². The second-order valence-corrected chi connectivity index (χ2v) is 2.97. The van der Waals surface area contributed by atoms with Gasteiger partial charge in [-0.25, -0.2) is 14.4 Å². The molecule has 0 saturated carbocycles. The summed E-state index contributed by atoms with van der Waals surface area (Å²) in [7, 11) is 1.71. The molecule has 0 radical (unpaired) electrons. The van der Waals surface area contributed by atoms with Crippen LogP contribution in [0.3, 0.4) is 0 Å². The largest absolute Gasteiger partial charge is 0.331 e. The molecule has 0 unspecified atom stereocenters. The van der Waals surface area contributed by atoms with Gasteiger partial charge in [-0.15, -0.1) is 0 Å². The number of amides is 2. The van der Waals surface area contributed by atoms with E-state index in [0.29, 0.717) is 6.67 Å². The van der Waals surface area contributed by atoms with Crippen molar-refractivity contribution in [1.29, 1.82) is 0 Å². The van der Waals surface area contributed by atoms with Crippen LogP contribution in [0.2, 0.25) is 0 Å². The van der Waals surface area contributed by atoms with E-state index in [9.17, 15) is 19.2 Å². The number of urea groups is 1. The first-order valence-corrected chi connectivity index (χ1v) is 5.63. The van der Waals surface area contributed by atoms with Crippen LogP contribution in [0.5, 0.6) is 0 Å². The Labute approximate surface area is 122 Å². The molecule has 0 aromatic carbocycles. The van der Waals surface area contributed by atoms with E-state index in [1.54, 1.807) is 7.05 Å². The molecular weight excluding hydrogens is 282 g/mol. The highest BCUT2D eigenvalue weighted by molar-refractivity contribution is 5.83. The Balaban J connectivity index is -0.000000277. The van der Waals surface area contributed by atoms with Crippen molar-refractivity contribution in [2.24, 2.45) is 21.5 Å². The van der Waals surface area contributed by atoms with E-state index in [0.717, 1.165) is 0 Å². The zero-order chi connectivity index (χ0) is 16.9. The van der Waals surface area contributed by atoms with Crippen molar-refractivity contribution < 1.29 is 19.2 Å². The lowest BCUT2D eigenvalue weighted by molar-refractivity contribution is -0.116. The van der Waals surface area contributed by atoms with Crippen LogP contribution >= 0.6 is 0 Å². The lowest BCUT2D eigenvalue weighted by atomic mass is 10.4. The molecule has 11 nitrogen and oxygen atoms in total. The molecule has 2 amide bonds. The van der Waals surface area contributed by atoms with E-state index in [-0.39, 0.29) is 31.7 Å². The van der Waals surface area contributed by atoms with Gasteiger partial charge in [0.25, 0.3) is 0 Å². The third kappa shape index (κ3) is 38.1. The van der Waals surface area contributed by atoms with Gasteiger partial charge >= 0.3 is 6.03 Å². The van der Waals surface area contributed by atoms with Crippen molar-refractivity contribution in [2.75, 3.05) is 33.6 Å². The molecule has 0 aliphatic rings. The molecule has 0 aliphatic carbocycles. The number of ketones is 1. The van der Waals surface area contributed by atoms with Gasteiger partial charge in [0, 0.05) is 6.67 Å². The van der Waals surface area contributed by atoms with E-state index < -0.39 is 0 Å². The second-order valence-electron chi connectivity index (χ2n) is 2.97. The number of nitrogens with two attached hydrogens (primary N) is 2. The van der Waals surface area contributed by atoms with Crippen LogP contribution in [0.4, 0.5) is 4.79 Å². The number of nitrogens with zero attached hydrogens (tertiary/aromatic N) is 2. The van der Waals surface area contributed by atoms with Crippen molar-refractivity contribution in [3.05, 3.63) is 0 Å². The number of carbonyl (C=O) groups excluding carboxylic acids is 4. The fourth-order valence-electron chi connectivity index (χ4n) is 0.529. The van der Waals surface area contributed by atoms with Crippen molar-refractivity contribution in [2.45, 2.75) is 6.92 Å². The molecule has 0 fully saturated rings. The Morgan fingerprint density at radius 2 is 1.57 bits per heavy atom. The fraction of sp³-hybridized carbons (Fsp3) is 0.600. The Bertz CT molecular complexity index is 346. The molecule has 7 N–H and O–H groups in total. The molecule has 0 spiro atoms. The summed E-state index contributed by atoms with van der Waals surface area (Å²) < 4.78 is 0. The van der Waals surface area contributed by atoms with Gasteiger partial charge in [-0.1, -0.05) is 0 Å².